The molecule has 2 aliphatic heterocycles. The minimum Gasteiger partial charge on any atom is -0.478 e. The van der Waals surface area contributed by atoms with Crippen LogP contribution in [-0.4, -0.2) is 97.2 Å². The Bertz CT molecular complexity index is 823. The Morgan fingerprint density at radius 1 is 1.19 bits per heavy atom. The van der Waals surface area contributed by atoms with Crippen LogP contribution in [-0.2, 0) is 23.8 Å². The van der Waals surface area contributed by atoms with Crippen molar-refractivity contribution in [3.8, 4) is 0 Å². The first-order valence-corrected chi connectivity index (χ1v) is 10.3. The standard InChI is InChI=1S/C21H30O11/c1-10(6-13(23)24)4-5-21(29)19(2)7-11(8-20(21,3)32-18(19)28)30-17-16(27)15(26)14(25)12(9-22)31-17/h4-6,11-12,14-17,22,25-27,29H,7-9H2,1-3H3,(H,23,24)/b5-4+,10-6-/t11-,12-,14-,15+,16-,17-,19-,20-,21-/m1/s1. The molecule has 2 bridgehead atoms. The van der Waals surface area contributed by atoms with Gasteiger partial charge in [0, 0.05) is 12.5 Å². The first-order valence-electron chi connectivity index (χ1n) is 10.3. The Morgan fingerprint density at radius 3 is 2.41 bits per heavy atom. The lowest BCUT2D eigenvalue weighted by molar-refractivity contribution is -0.319. The van der Waals surface area contributed by atoms with Crippen LogP contribution in [0.2, 0.25) is 0 Å². The van der Waals surface area contributed by atoms with Crippen molar-refractivity contribution >= 4 is 11.9 Å². The maximum absolute atomic E-state index is 12.7. The average molecular weight is 458 g/mol. The van der Waals surface area contributed by atoms with Gasteiger partial charge in [0.25, 0.3) is 0 Å². The van der Waals surface area contributed by atoms with E-state index in [-0.39, 0.29) is 12.8 Å². The molecule has 180 valence electrons. The van der Waals surface area contributed by atoms with Gasteiger partial charge in [-0.25, -0.2) is 4.79 Å². The lowest BCUT2D eigenvalue weighted by Crippen LogP contribution is -2.63. The number of carboxylic acids is 1. The largest absolute Gasteiger partial charge is 0.478 e. The van der Waals surface area contributed by atoms with E-state index in [0.717, 1.165) is 6.08 Å². The summed E-state index contributed by atoms with van der Waals surface area (Å²) in [7, 11) is 0. The number of carbonyl (C=O) groups excluding carboxylic acids is 1. The molecular weight excluding hydrogens is 428 g/mol. The predicted molar refractivity (Wildman–Crippen MR) is 106 cm³/mol. The monoisotopic (exact) mass is 458 g/mol. The number of rotatable bonds is 6. The molecule has 3 rings (SSSR count). The summed E-state index contributed by atoms with van der Waals surface area (Å²) in [5.41, 5.74) is -4.32. The molecule has 0 aromatic carbocycles. The van der Waals surface area contributed by atoms with Crippen LogP contribution in [0, 0.1) is 5.41 Å². The van der Waals surface area contributed by atoms with Crippen molar-refractivity contribution in [1.82, 2.24) is 0 Å². The average Bonchev–Trinajstić information content (AvgIpc) is 2.77. The van der Waals surface area contributed by atoms with Crippen LogP contribution in [0.25, 0.3) is 0 Å². The molecule has 6 N–H and O–H groups in total. The number of allylic oxidation sites excluding steroid dienone is 2. The second-order valence-electron chi connectivity index (χ2n) is 9.14. The van der Waals surface area contributed by atoms with Gasteiger partial charge >= 0.3 is 11.9 Å². The van der Waals surface area contributed by atoms with E-state index in [1.54, 1.807) is 0 Å². The number of hydrogen-bond donors (Lipinski definition) is 6. The highest BCUT2D eigenvalue weighted by molar-refractivity contribution is 5.84. The van der Waals surface area contributed by atoms with Crippen molar-refractivity contribution < 1.29 is 54.4 Å². The molecule has 11 heteroatoms. The minimum absolute atomic E-state index is 0.00584. The van der Waals surface area contributed by atoms with Crippen LogP contribution in [0.3, 0.4) is 0 Å². The molecule has 1 aliphatic carbocycles. The van der Waals surface area contributed by atoms with Crippen molar-refractivity contribution in [2.24, 2.45) is 5.41 Å². The molecular formula is C21H30O11. The number of ether oxygens (including phenoxy) is 3. The number of carboxylic acid groups (broad SMARTS) is 1. The van der Waals surface area contributed by atoms with Crippen LogP contribution in [0.1, 0.15) is 33.6 Å². The zero-order valence-electron chi connectivity index (χ0n) is 18.0. The van der Waals surface area contributed by atoms with Crippen molar-refractivity contribution in [3.05, 3.63) is 23.8 Å². The smallest absolute Gasteiger partial charge is 0.328 e. The first kappa shape index (κ1) is 24.8. The maximum atomic E-state index is 12.7. The molecule has 0 amide bonds. The summed E-state index contributed by atoms with van der Waals surface area (Å²) < 4.78 is 16.7. The summed E-state index contributed by atoms with van der Waals surface area (Å²) in [4.78, 5) is 23.6. The molecule has 32 heavy (non-hydrogen) atoms. The Kier molecular flexibility index (Phi) is 6.57. The third-order valence-electron chi connectivity index (χ3n) is 6.78. The van der Waals surface area contributed by atoms with E-state index in [9.17, 15) is 35.1 Å². The van der Waals surface area contributed by atoms with E-state index >= 15 is 0 Å². The summed E-state index contributed by atoms with van der Waals surface area (Å²) >= 11 is 0. The Balaban J connectivity index is 1.84. The SMILES string of the molecule is CC(=C/C(=O)O)/C=C/[C@]1(O)[C@@]2(C)C[C@H](O[C@@H]3O[C@H](CO)[C@@H](O)[C@H](O)[C@H]3O)C[C@]1(C)C(=O)O2. The van der Waals surface area contributed by atoms with Gasteiger partial charge in [0.1, 0.15) is 41.0 Å². The molecule has 1 saturated carbocycles. The Labute approximate surface area is 184 Å². The Morgan fingerprint density at radius 2 is 1.84 bits per heavy atom. The number of aliphatic carboxylic acids is 1. The van der Waals surface area contributed by atoms with E-state index < -0.39 is 72.0 Å². The maximum Gasteiger partial charge on any atom is 0.328 e. The lowest BCUT2D eigenvalue weighted by Gasteiger charge is -2.49. The van der Waals surface area contributed by atoms with Crippen molar-refractivity contribution in [2.45, 2.75) is 81.6 Å². The molecule has 0 radical (unpaired) electrons. The van der Waals surface area contributed by atoms with E-state index in [1.165, 1.54) is 32.9 Å². The van der Waals surface area contributed by atoms with Crippen molar-refractivity contribution in [3.63, 3.8) is 0 Å². The highest BCUT2D eigenvalue weighted by atomic mass is 16.7. The van der Waals surface area contributed by atoms with Crippen molar-refractivity contribution in [2.75, 3.05) is 6.61 Å². The third kappa shape index (κ3) is 3.87. The number of carbonyl (C=O) groups is 2. The van der Waals surface area contributed by atoms with Crippen molar-refractivity contribution in [1.29, 1.82) is 0 Å². The second kappa shape index (κ2) is 8.49. The molecule has 0 spiro atoms. The molecule has 2 saturated heterocycles. The van der Waals surface area contributed by atoms with Gasteiger partial charge in [0.15, 0.2) is 6.29 Å². The van der Waals surface area contributed by atoms with E-state index in [1.807, 2.05) is 0 Å². The zero-order valence-corrected chi connectivity index (χ0v) is 18.0. The molecule has 11 nitrogen and oxygen atoms in total. The number of fused-ring (bicyclic) bond motifs is 2. The molecule has 0 unspecified atom stereocenters. The number of aliphatic hydroxyl groups is 5. The fourth-order valence-electron chi connectivity index (χ4n) is 4.85. The van der Waals surface area contributed by atoms with Crippen LogP contribution in [0.5, 0.6) is 0 Å². The van der Waals surface area contributed by atoms with Gasteiger partial charge in [-0.1, -0.05) is 6.08 Å². The van der Waals surface area contributed by atoms with Crippen LogP contribution in [0.4, 0.5) is 0 Å². The first-order chi connectivity index (χ1) is 14.8. The van der Waals surface area contributed by atoms with Gasteiger partial charge in [-0.2, -0.15) is 0 Å². The summed E-state index contributed by atoms with van der Waals surface area (Å²) in [5, 5.41) is 59.9. The van der Waals surface area contributed by atoms with Gasteiger partial charge in [0.05, 0.1) is 12.7 Å². The van der Waals surface area contributed by atoms with Crippen LogP contribution >= 0.6 is 0 Å². The summed E-state index contributed by atoms with van der Waals surface area (Å²) in [6, 6.07) is 0. The number of esters is 1. The summed E-state index contributed by atoms with van der Waals surface area (Å²) in [5.74, 6) is -1.81. The minimum atomic E-state index is -1.78. The van der Waals surface area contributed by atoms with Crippen LogP contribution in [0.15, 0.2) is 23.8 Å². The second-order valence-corrected chi connectivity index (χ2v) is 9.14. The third-order valence-corrected chi connectivity index (χ3v) is 6.78. The quantitative estimate of drug-likeness (QED) is 0.156. The van der Waals surface area contributed by atoms with E-state index in [0.29, 0.717) is 5.57 Å². The van der Waals surface area contributed by atoms with E-state index in [4.69, 9.17) is 19.3 Å². The summed E-state index contributed by atoms with van der Waals surface area (Å²) in [6.45, 7) is 3.96. The van der Waals surface area contributed by atoms with Gasteiger partial charge in [-0.15, -0.1) is 0 Å². The summed E-state index contributed by atoms with van der Waals surface area (Å²) in [6.07, 6.45) is -4.33. The zero-order chi connectivity index (χ0) is 24.1. The van der Waals surface area contributed by atoms with Gasteiger partial charge in [-0.05, 0) is 38.8 Å². The van der Waals surface area contributed by atoms with E-state index in [2.05, 4.69) is 0 Å². The highest BCUT2D eigenvalue weighted by Gasteiger charge is 2.73. The molecule has 0 aromatic heterocycles. The normalized spacial score (nSPS) is 47.0. The highest BCUT2D eigenvalue weighted by Crippen LogP contribution is 2.59. The molecule has 9 atom stereocenters. The van der Waals surface area contributed by atoms with Crippen LogP contribution < -0.4 is 0 Å². The number of hydrogen-bond acceptors (Lipinski definition) is 10. The molecule has 2 heterocycles. The molecule has 0 aromatic rings. The topological polar surface area (TPSA) is 183 Å². The number of aliphatic hydroxyl groups excluding tert-OH is 4. The Hall–Kier alpha value is -1.86. The fourth-order valence-corrected chi connectivity index (χ4v) is 4.85. The van der Waals surface area contributed by atoms with Gasteiger partial charge in [0.2, 0.25) is 0 Å². The molecule has 3 fully saturated rings. The predicted octanol–water partition coefficient (Wildman–Crippen LogP) is -1.39. The fraction of sp³-hybridized carbons (Fsp3) is 0.714. The van der Waals surface area contributed by atoms with Gasteiger partial charge in [-0.3, -0.25) is 4.79 Å². The lowest BCUT2D eigenvalue weighted by atomic mass is 9.59. The van der Waals surface area contributed by atoms with Gasteiger partial charge < -0.3 is 44.8 Å². The molecule has 3 aliphatic rings.